The molecule has 0 fully saturated rings. The van der Waals surface area contributed by atoms with Crippen molar-refractivity contribution in [2.24, 2.45) is 0 Å². The summed E-state index contributed by atoms with van der Waals surface area (Å²) in [6.45, 7) is 0. The van der Waals surface area contributed by atoms with E-state index < -0.39 is 0 Å². The van der Waals surface area contributed by atoms with Gasteiger partial charge in [0.25, 0.3) is 0 Å². The van der Waals surface area contributed by atoms with Crippen LogP contribution < -0.4 is 0 Å². The van der Waals surface area contributed by atoms with E-state index in [1.54, 1.807) is 0 Å². The minimum Gasteiger partial charge on any atom is -0.355 e. The van der Waals surface area contributed by atoms with Gasteiger partial charge in [-0.2, -0.15) is 0 Å². The van der Waals surface area contributed by atoms with E-state index in [1.807, 2.05) is 0 Å². The molecule has 2 aliphatic heterocycles. The molecule has 8 aromatic rings. The van der Waals surface area contributed by atoms with Crippen LogP contribution in [0.5, 0.6) is 0 Å². The molecule has 0 atom stereocenters. The van der Waals surface area contributed by atoms with Gasteiger partial charge in [0.1, 0.15) is 0 Å². The van der Waals surface area contributed by atoms with E-state index in [-0.39, 0.29) is 19.5 Å². The normalized spacial score (nSPS) is 11.7. The molecule has 5 heterocycles. The van der Waals surface area contributed by atoms with E-state index >= 15 is 0 Å². The predicted molar refractivity (Wildman–Crippen MR) is 215 cm³/mol. The smallest absolute Gasteiger partial charge is 0.0815 e. The van der Waals surface area contributed by atoms with Gasteiger partial charge in [0.15, 0.2) is 0 Å². The van der Waals surface area contributed by atoms with Crippen LogP contribution in [0.4, 0.5) is 0 Å². The Morgan fingerprint density at radius 1 is 0.396 bits per heavy atom. The molecule has 0 unspecified atom stereocenters. The number of nitrogens with zero attached hydrogens (tertiary/aromatic N) is 2. The topological polar surface area (TPSA) is 57.4 Å². The second-order valence-corrected chi connectivity index (χ2v) is 13.2. The number of hydrogen-bond acceptors (Lipinski definition) is 2. The van der Waals surface area contributed by atoms with Crippen molar-refractivity contribution >= 4 is 33.7 Å². The van der Waals surface area contributed by atoms with Gasteiger partial charge in [-0.3, -0.25) is 0 Å². The fourth-order valence-corrected chi connectivity index (χ4v) is 7.60. The van der Waals surface area contributed by atoms with Crippen molar-refractivity contribution in [3.05, 3.63) is 193 Å². The summed E-state index contributed by atoms with van der Waals surface area (Å²) in [5, 5.41) is 0. The van der Waals surface area contributed by atoms with Crippen LogP contribution in [0.1, 0.15) is 17.0 Å². The SMILES string of the molecule is C1=C(c2ccccc2)c2nc1cc1ccc(cc3nc(cc4[nH]c(c2-c2ccccc2)c(-c2ccccc2)c4-c2ccccc2)-c2ccccc2-3)[nH]1.[Zn]. The largest absolute Gasteiger partial charge is 0.355 e. The number of benzene rings is 5. The summed E-state index contributed by atoms with van der Waals surface area (Å²) in [6.07, 6.45) is 2.21. The molecule has 5 aromatic carbocycles. The van der Waals surface area contributed by atoms with Crippen LogP contribution in [-0.4, -0.2) is 19.9 Å². The molecule has 3 aromatic heterocycles. The number of hydrogen-bond donors (Lipinski definition) is 2. The zero-order valence-corrected chi connectivity index (χ0v) is 31.9. The maximum Gasteiger partial charge on any atom is 0.0815 e. The van der Waals surface area contributed by atoms with Gasteiger partial charge in [-0.15, -0.1) is 0 Å². The molecule has 0 saturated heterocycles. The Balaban J connectivity index is 0.00000372. The van der Waals surface area contributed by atoms with Crippen LogP contribution >= 0.6 is 0 Å². The quantitative estimate of drug-likeness (QED) is 0.177. The molecule has 0 radical (unpaired) electrons. The molecule has 4 nitrogen and oxygen atoms in total. The first kappa shape index (κ1) is 32.5. The van der Waals surface area contributed by atoms with Gasteiger partial charge in [-0.25, -0.2) is 9.97 Å². The Morgan fingerprint density at radius 3 is 1.49 bits per heavy atom. The van der Waals surface area contributed by atoms with E-state index in [9.17, 15) is 0 Å². The molecule has 2 aliphatic rings. The molecule has 0 aliphatic carbocycles. The first-order chi connectivity index (χ1) is 25.8. The summed E-state index contributed by atoms with van der Waals surface area (Å²) in [5.74, 6) is 0. The van der Waals surface area contributed by atoms with Gasteiger partial charge in [-0.1, -0.05) is 146 Å². The molecular formula is C48H32N4Zn. The first-order valence-corrected chi connectivity index (χ1v) is 17.6. The van der Waals surface area contributed by atoms with Crippen LogP contribution in [0, 0.1) is 0 Å². The monoisotopic (exact) mass is 728 g/mol. The molecular weight excluding hydrogens is 698 g/mol. The van der Waals surface area contributed by atoms with Crippen LogP contribution in [0.15, 0.2) is 176 Å². The minimum absolute atomic E-state index is 0. The molecule has 0 amide bonds. The number of rotatable bonds is 4. The number of aromatic nitrogens is 4. The van der Waals surface area contributed by atoms with Crippen molar-refractivity contribution in [1.82, 2.24) is 19.9 Å². The standard InChI is InChI=1S/C48H32N4.Zn/c1-5-15-31(16-6-1)40-28-37-27-35-25-26-36(49-35)29-41-38-23-13-14-24-39(38)42(51-41)30-43-44(32-17-7-2-8-18-32)45(33-19-9-3-10-20-33)48(52-43)46(47(40)50-37)34-21-11-4-12-22-34;/h1-30,49,52H;. The molecule has 0 spiro atoms. The predicted octanol–water partition coefficient (Wildman–Crippen LogP) is 12.2. The van der Waals surface area contributed by atoms with Crippen LogP contribution in [0.3, 0.4) is 0 Å². The summed E-state index contributed by atoms with van der Waals surface area (Å²) < 4.78 is 0. The van der Waals surface area contributed by atoms with Gasteiger partial charge in [0.05, 0.1) is 28.3 Å². The molecule has 5 heteroatoms. The van der Waals surface area contributed by atoms with Crippen molar-refractivity contribution in [2.75, 3.05) is 0 Å². The Labute approximate surface area is 320 Å². The molecule has 53 heavy (non-hydrogen) atoms. The van der Waals surface area contributed by atoms with E-state index in [1.165, 1.54) is 0 Å². The molecule has 2 N–H and O–H groups in total. The maximum atomic E-state index is 5.47. The van der Waals surface area contributed by atoms with E-state index in [4.69, 9.17) is 9.97 Å². The van der Waals surface area contributed by atoms with Crippen LogP contribution in [0.2, 0.25) is 0 Å². The number of H-pyrrole nitrogens is 2. The van der Waals surface area contributed by atoms with Crippen molar-refractivity contribution in [3.63, 3.8) is 0 Å². The van der Waals surface area contributed by atoms with E-state index in [2.05, 4.69) is 192 Å². The third kappa shape index (κ3) is 5.86. The van der Waals surface area contributed by atoms with Crippen molar-refractivity contribution in [1.29, 1.82) is 0 Å². The van der Waals surface area contributed by atoms with Gasteiger partial charge >= 0.3 is 0 Å². The third-order valence-electron chi connectivity index (χ3n) is 9.90. The third-order valence-corrected chi connectivity index (χ3v) is 9.90. The second-order valence-electron chi connectivity index (χ2n) is 13.2. The number of nitrogens with one attached hydrogen (secondary N) is 2. The number of aromatic amines is 2. The summed E-state index contributed by atoms with van der Waals surface area (Å²) in [4.78, 5) is 18.4. The summed E-state index contributed by atoms with van der Waals surface area (Å²) >= 11 is 0. The fourth-order valence-electron chi connectivity index (χ4n) is 7.60. The van der Waals surface area contributed by atoms with Crippen LogP contribution in [-0.2, 0) is 19.5 Å². The summed E-state index contributed by atoms with van der Waals surface area (Å²) in [5.41, 5.74) is 18.6. The molecule has 246 valence electrons. The van der Waals surface area contributed by atoms with Gasteiger partial charge in [0, 0.05) is 69.4 Å². The van der Waals surface area contributed by atoms with Crippen molar-refractivity contribution < 1.29 is 19.5 Å². The second kappa shape index (κ2) is 13.6. The Kier molecular flexibility index (Phi) is 8.34. The van der Waals surface area contributed by atoms with Crippen molar-refractivity contribution in [3.8, 4) is 55.9 Å². The molecule has 0 saturated carbocycles. The van der Waals surface area contributed by atoms with E-state index in [0.717, 1.165) is 100 Å². The zero-order chi connectivity index (χ0) is 34.4. The summed E-state index contributed by atoms with van der Waals surface area (Å²) in [7, 11) is 0. The Hall–Kier alpha value is -6.42. The van der Waals surface area contributed by atoms with Gasteiger partial charge in [-0.05, 0) is 58.7 Å². The minimum atomic E-state index is 0. The zero-order valence-electron chi connectivity index (χ0n) is 28.9. The molecule has 8 bridgehead atoms. The van der Waals surface area contributed by atoms with E-state index in [0.29, 0.717) is 0 Å². The maximum absolute atomic E-state index is 5.47. The fraction of sp³-hybridized carbons (Fsp3) is 0. The summed E-state index contributed by atoms with van der Waals surface area (Å²) in [6, 6.07) is 61.9. The van der Waals surface area contributed by atoms with Gasteiger partial charge < -0.3 is 9.97 Å². The van der Waals surface area contributed by atoms with Crippen LogP contribution in [0.25, 0.3) is 89.6 Å². The number of fused-ring (bicyclic) bond motifs is 11. The Morgan fingerprint density at radius 2 is 0.887 bits per heavy atom. The first-order valence-electron chi connectivity index (χ1n) is 17.6. The average Bonchev–Trinajstić information content (AvgIpc) is 3.99. The Bertz CT molecular complexity index is 2820. The van der Waals surface area contributed by atoms with Gasteiger partial charge in [0.2, 0.25) is 0 Å². The van der Waals surface area contributed by atoms with Crippen molar-refractivity contribution in [2.45, 2.75) is 0 Å². The average molecular weight is 730 g/mol. The molecule has 10 rings (SSSR count).